The Morgan fingerprint density at radius 1 is 1.41 bits per heavy atom. The molecule has 2 rings (SSSR count). The van der Waals surface area contributed by atoms with Crippen LogP contribution in [-0.2, 0) is 4.79 Å². The molecule has 0 heterocycles. The summed E-state index contributed by atoms with van der Waals surface area (Å²) in [5.41, 5.74) is -0.130. The van der Waals surface area contributed by atoms with Crippen molar-refractivity contribution in [3.63, 3.8) is 0 Å². The van der Waals surface area contributed by atoms with E-state index in [1.165, 1.54) is 32.0 Å². The fourth-order valence-electron chi connectivity index (χ4n) is 3.35. The van der Waals surface area contributed by atoms with E-state index in [9.17, 15) is 4.79 Å². The highest BCUT2D eigenvalue weighted by Crippen LogP contribution is 2.40. The second-order valence-electron chi connectivity index (χ2n) is 6.11. The second-order valence-corrected chi connectivity index (χ2v) is 6.11. The van der Waals surface area contributed by atoms with Crippen molar-refractivity contribution in [2.24, 2.45) is 11.3 Å². The highest BCUT2D eigenvalue weighted by molar-refractivity contribution is 5.60. The summed E-state index contributed by atoms with van der Waals surface area (Å²) in [7, 11) is 0. The summed E-state index contributed by atoms with van der Waals surface area (Å²) in [5, 5.41) is 9.12. The molecule has 0 spiro atoms. The number of aldehydes is 1. The fourth-order valence-corrected chi connectivity index (χ4v) is 3.35. The topological polar surface area (TPSA) is 40.5 Å². The van der Waals surface area contributed by atoms with Gasteiger partial charge in [0.1, 0.15) is 6.29 Å². The third-order valence-electron chi connectivity index (χ3n) is 4.35. The van der Waals surface area contributed by atoms with Crippen molar-refractivity contribution in [3.8, 4) is 0 Å². The first-order valence-corrected chi connectivity index (χ1v) is 7.00. The number of aliphatic hydroxyl groups excluding tert-OH is 1. The first-order chi connectivity index (χ1) is 8.19. The molecule has 2 unspecified atom stereocenters. The predicted molar refractivity (Wildman–Crippen MR) is 67.8 cm³/mol. The third kappa shape index (κ3) is 3.29. The van der Waals surface area contributed by atoms with Crippen LogP contribution in [0.1, 0.15) is 45.4 Å². The lowest BCUT2D eigenvalue weighted by Gasteiger charge is -2.39. The summed E-state index contributed by atoms with van der Waals surface area (Å²) in [6.07, 6.45) is 8.20. The summed E-state index contributed by atoms with van der Waals surface area (Å²) in [4.78, 5) is 13.9. The molecule has 0 amide bonds. The van der Waals surface area contributed by atoms with Crippen LogP contribution >= 0.6 is 0 Å². The molecule has 3 heteroatoms. The van der Waals surface area contributed by atoms with Gasteiger partial charge in [0.25, 0.3) is 0 Å². The predicted octanol–water partition coefficient (Wildman–Crippen LogP) is 1.84. The molecule has 0 radical (unpaired) electrons. The zero-order chi connectivity index (χ0) is 12.3. The van der Waals surface area contributed by atoms with Gasteiger partial charge in [-0.2, -0.15) is 0 Å². The van der Waals surface area contributed by atoms with E-state index in [1.54, 1.807) is 0 Å². The van der Waals surface area contributed by atoms with Crippen molar-refractivity contribution in [2.75, 3.05) is 19.7 Å². The lowest BCUT2D eigenvalue weighted by Crippen LogP contribution is -2.43. The van der Waals surface area contributed by atoms with Gasteiger partial charge in [-0.15, -0.1) is 0 Å². The maximum atomic E-state index is 11.5. The van der Waals surface area contributed by atoms with Crippen LogP contribution in [0.3, 0.4) is 0 Å². The van der Waals surface area contributed by atoms with Gasteiger partial charge in [0.05, 0.1) is 6.61 Å². The number of hydrogen-bond donors (Lipinski definition) is 1. The van der Waals surface area contributed by atoms with Crippen LogP contribution in [-0.4, -0.2) is 42.0 Å². The van der Waals surface area contributed by atoms with Crippen LogP contribution < -0.4 is 0 Å². The van der Waals surface area contributed by atoms with E-state index in [1.807, 2.05) is 0 Å². The first-order valence-electron chi connectivity index (χ1n) is 7.00. The minimum absolute atomic E-state index is 0.130. The molecule has 1 N–H and O–H groups in total. The zero-order valence-corrected chi connectivity index (χ0v) is 10.9. The quantitative estimate of drug-likeness (QED) is 0.719. The average molecular weight is 239 g/mol. The Labute approximate surface area is 104 Å². The molecule has 0 aromatic carbocycles. The Hall–Kier alpha value is -0.410. The maximum absolute atomic E-state index is 11.5. The van der Waals surface area contributed by atoms with Crippen molar-refractivity contribution < 1.29 is 9.90 Å². The van der Waals surface area contributed by atoms with Crippen LogP contribution in [0.2, 0.25) is 0 Å². The highest BCUT2D eigenvalue weighted by Gasteiger charge is 2.39. The van der Waals surface area contributed by atoms with Crippen molar-refractivity contribution in [1.82, 2.24) is 4.90 Å². The molecule has 0 bridgehead atoms. The van der Waals surface area contributed by atoms with Crippen LogP contribution in [0.5, 0.6) is 0 Å². The van der Waals surface area contributed by atoms with Crippen LogP contribution in [0.4, 0.5) is 0 Å². The van der Waals surface area contributed by atoms with Gasteiger partial charge in [-0.25, -0.2) is 0 Å². The average Bonchev–Trinajstić information content (AvgIpc) is 3.12. The summed E-state index contributed by atoms with van der Waals surface area (Å²) >= 11 is 0. The van der Waals surface area contributed by atoms with Gasteiger partial charge in [-0.1, -0.05) is 19.8 Å². The lowest BCUT2D eigenvalue weighted by atomic mass is 9.70. The van der Waals surface area contributed by atoms with Crippen molar-refractivity contribution in [3.05, 3.63) is 0 Å². The Morgan fingerprint density at radius 2 is 2.18 bits per heavy atom. The Bertz CT molecular complexity index is 265. The van der Waals surface area contributed by atoms with Crippen LogP contribution in [0.15, 0.2) is 0 Å². The first kappa shape index (κ1) is 13.0. The number of carbonyl (C=O) groups excluding carboxylic acids is 1. The number of aliphatic hydroxyl groups is 1. The second kappa shape index (κ2) is 5.49. The van der Waals surface area contributed by atoms with E-state index in [4.69, 9.17) is 5.11 Å². The standard InChI is InChI=1S/C14H25NO2/c1-12-3-2-6-14(9-12,11-17)10-15(7-8-16)13-4-5-13/h11-13,16H,2-10H2,1H3. The molecule has 98 valence electrons. The molecular weight excluding hydrogens is 214 g/mol. The number of nitrogens with zero attached hydrogens (tertiary/aromatic N) is 1. The molecule has 0 aromatic heterocycles. The molecule has 3 nitrogen and oxygen atoms in total. The van der Waals surface area contributed by atoms with Crippen molar-refractivity contribution in [2.45, 2.75) is 51.5 Å². The summed E-state index contributed by atoms with van der Waals surface area (Å²) < 4.78 is 0. The molecular formula is C14H25NO2. The molecule has 0 saturated heterocycles. The van der Waals surface area contributed by atoms with E-state index in [0.717, 1.165) is 25.9 Å². The van der Waals surface area contributed by atoms with Gasteiger partial charge in [-0.3, -0.25) is 4.90 Å². The molecule has 17 heavy (non-hydrogen) atoms. The van der Waals surface area contributed by atoms with Crippen LogP contribution in [0.25, 0.3) is 0 Å². The summed E-state index contributed by atoms with van der Waals surface area (Å²) in [5.74, 6) is 0.670. The molecule has 2 fully saturated rings. The maximum Gasteiger partial charge on any atom is 0.127 e. The molecule has 0 aromatic rings. The Kier molecular flexibility index (Phi) is 4.21. The smallest absolute Gasteiger partial charge is 0.127 e. The molecule has 0 aliphatic heterocycles. The van der Waals surface area contributed by atoms with E-state index in [0.29, 0.717) is 12.0 Å². The minimum Gasteiger partial charge on any atom is -0.395 e. The monoisotopic (exact) mass is 239 g/mol. The summed E-state index contributed by atoms with van der Waals surface area (Å²) in [6, 6.07) is 0.635. The van der Waals surface area contributed by atoms with Crippen LogP contribution in [0, 0.1) is 11.3 Å². The Balaban J connectivity index is 1.98. The van der Waals surface area contributed by atoms with E-state index < -0.39 is 0 Å². The van der Waals surface area contributed by atoms with Crippen molar-refractivity contribution in [1.29, 1.82) is 0 Å². The van der Waals surface area contributed by atoms with Crippen molar-refractivity contribution >= 4 is 6.29 Å². The molecule has 2 atom stereocenters. The fraction of sp³-hybridized carbons (Fsp3) is 0.929. The van der Waals surface area contributed by atoms with Gasteiger partial charge >= 0.3 is 0 Å². The van der Waals surface area contributed by atoms with E-state index >= 15 is 0 Å². The SMILES string of the molecule is CC1CCCC(C=O)(CN(CCO)C2CC2)C1. The molecule has 2 saturated carbocycles. The van der Waals surface area contributed by atoms with E-state index in [2.05, 4.69) is 11.8 Å². The van der Waals surface area contributed by atoms with E-state index in [-0.39, 0.29) is 12.0 Å². The van der Waals surface area contributed by atoms with Gasteiger partial charge in [0.2, 0.25) is 0 Å². The summed E-state index contributed by atoms with van der Waals surface area (Å²) in [6.45, 7) is 4.06. The largest absolute Gasteiger partial charge is 0.395 e. The highest BCUT2D eigenvalue weighted by atomic mass is 16.3. The number of hydrogen-bond acceptors (Lipinski definition) is 3. The normalized spacial score (nSPS) is 33.9. The van der Waals surface area contributed by atoms with Gasteiger partial charge < -0.3 is 9.90 Å². The van der Waals surface area contributed by atoms with Gasteiger partial charge in [-0.05, 0) is 31.6 Å². The number of rotatable bonds is 6. The zero-order valence-electron chi connectivity index (χ0n) is 10.9. The lowest BCUT2D eigenvalue weighted by molar-refractivity contribution is -0.120. The van der Waals surface area contributed by atoms with Gasteiger partial charge in [0, 0.05) is 24.5 Å². The van der Waals surface area contributed by atoms with Gasteiger partial charge in [0.15, 0.2) is 0 Å². The minimum atomic E-state index is -0.130. The molecule has 2 aliphatic carbocycles. The molecule has 2 aliphatic rings. The number of carbonyl (C=O) groups is 1. The third-order valence-corrected chi connectivity index (χ3v) is 4.35. The Morgan fingerprint density at radius 3 is 2.71 bits per heavy atom.